The number of carbonyl (C=O) groups excluding carboxylic acids is 2. The number of rotatable bonds is 8. The molecular weight excluding hydrogens is 498 g/mol. The minimum atomic E-state index is -1.38. The van der Waals surface area contributed by atoms with E-state index in [1.54, 1.807) is 28.8 Å². The van der Waals surface area contributed by atoms with Crippen LogP contribution in [-0.4, -0.2) is 52.6 Å². The molecule has 38 heavy (non-hydrogen) atoms. The number of hydrogen-bond acceptors (Lipinski definition) is 5. The molecule has 3 aromatic rings. The van der Waals surface area contributed by atoms with Crippen LogP contribution >= 0.6 is 11.8 Å². The van der Waals surface area contributed by atoms with Gasteiger partial charge >= 0.3 is 5.97 Å². The number of ether oxygens (including phenoxy) is 1. The Labute approximate surface area is 228 Å². The zero-order valence-corrected chi connectivity index (χ0v) is 23.2. The normalized spacial score (nSPS) is 17.3. The van der Waals surface area contributed by atoms with Gasteiger partial charge in [-0.15, -0.1) is 11.8 Å². The Morgan fingerprint density at radius 2 is 1.53 bits per heavy atom. The van der Waals surface area contributed by atoms with Crippen molar-refractivity contribution in [1.29, 1.82) is 0 Å². The van der Waals surface area contributed by atoms with Crippen molar-refractivity contribution in [1.82, 2.24) is 4.90 Å². The number of carboxylic acids is 1. The Bertz CT molecular complexity index is 1330. The highest BCUT2D eigenvalue weighted by atomic mass is 32.2. The Morgan fingerprint density at radius 3 is 2.08 bits per heavy atom. The fraction of sp³-hybridized carbons (Fsp3) is 0.323. The summed E-state index contributed by atoms with van der Waals surface area (Å²) >= 11 is 1.62. The van der Waals surface area contributed by atoms with Crippen LogP contribution in [0.1, 0.15) is 57.2 Å². The Morgan fingerprint density at radius 1 is 0.921 bits per heavy atom. The topological polar surface area (TPSA) is 83.9 Å². The molecule has 198 valence electrons. The van der Waals surface area contributed by atoms with E-state index in [9.17, 15) is 19.5 Å². The number of Topliss-reactive ketones (excluding diaryl/α,β-unsaturated/α-hetero) is 1. The van der Waals surface area contributed by atoms with Crippen molar-refractivity contribution in [3.8, 4) is 5.75 Å². The lowest BCUT2D eigenvalue weighted by Gasteiger charge is -2.26. The summed E-state index contributed by atoms with van der Waals surface area (Å²) in [5.41, 5.74) is 2.35. The van der Waals surface area contributed by atoms with Crippen molar-refractivity contribution in [2.75, 3.05) is 19.3 Å². The van der Waals surface area contributed by atoms with Crippen molar-refractivity contribution in [3.05, 3.63) is 94.5 Å². The number of benzene rings is 3. The number of hydrogen-bond donors (Lipinski definition) is 1. The van der Waals surface area contributed by atoms with Gasteiger partial charge in [-0.1, -0.05) is 42.5 Å². The van der Waals surface area contributed by atoms with Gasteiger partial charge in [0, 0.05) is 40.9 Å². The second kappa shape index (κ2) is 11.0. The standard InChI is InChI=1S/C31H33NO5S/c1-19-15-23(16-20(2)28(19)37-31(3,4)30(35)36)25-17-32(29(34)22-9-7-6-8-10-22)18-26(25)27(33)21-11-13-24(38-5)14-12-21/h6-16,25-26H,17-18H2,1-5H3,(H,35,36)/t25-,26+/m0/s1. The van der Waals surface area contributed by atoms with Crippen molar-refractivity contribution in [3.63, 3.8) is 0 Å². The lowest BCUT2D eigenvalue weighted by atomic mass is 9.82. The number of likely N-dealkylation sites (tertiary alicyclic amines) is 1. The maximum Gasteiger partial charge on any atom is 0.347 e. The fourth-order valence-corrected chi connectivity index (χ4v) is 5.37. The molecule has 7 heteroatoms. The number of aliphatic carboxylic acids is 1. The zero-order chi connectivity index (χ0) is 27.6. The van der Waals surface area contributed by atoms with Crippen LogP contribution in [0.15, 0.2) is 71.6 Å². The van der Waals surface area contributed by atoms with Gasteiger partial charge in [-0.3, -0.25) is 9.59 Å². The highest BCUT2D eigenvalue weighted by molar-refractivity contribution is 7.98. The summed E-state index contributed by atoms with van der Waals surface area (Å²) < 4.78 is 5.89. The molecule has 0 aromatic heterocycles. The number of carboxylic acid groups (broad SMARTS) is 1. The molecule has 2 atom stereocenters. The molecule has 0 radical (unpaired) electrons. The molecule has 0 unspecified atom stereocenters. The monoisotopic (exact) mass is 531 g/mol. The SMILES string of the molecule is CSc1ccc(C(=O)[C@@H]2CN(C(=O)c3ccccc3)C[C@H]2c2cc(C)c(OC(C)(C)C(=O)O)c(C)c2)cc1. The van der Waals surface area contributed by atoms with Gasteiger partial charge in [-0.05, 0) is 74.9 Å². The third-order valence-corrected chi connectivity index (χ3v) is 7.87. The summed E-state index contributed by atoms with van der Waals surface area (Å²) in [6.07, 6.45) is 1.99. The van der Waals surface area contributed by atoms with E-state index in [1.165, 1.54) is 13.8 Å². The van der Waals surface area contributed by atoms with E-state index < -0.39 is 17.5 Å². The summed E-state index contributed by atoms with van der Waals surface area (Å²) in [5, 5.41) is 9.52. The predicted molar refractivity (Wildman–Crippen MR) is 149 cm³/mol. The molecule has 1 saturated heterocycles. The molecule has 1 aliphatic rings. The first-order valence-corrected chi connectivity index (χ1v) is 13.8. The minimum Gasteiger partial charge on any atom is -0.478 e. The Kier molecular flexibility index (Phi) is 7.97. The summed E-state index contributed by atoms with van der Waals surface area (Å²) in [6, 6.07) is 20.6. The summed E-state index contributed by atoms with van der Waals surface area (Å²) in [6.45, 7) is 7.52. The number of carbonyl (C=O) groups is 3. The smallest absolute Gasteiger partial charge is 0.347 e. The summed E-state index contributed by atoms with van der Waals surface area (Å²) in [7, 11) is 0. The summed E-state index contributed by atoms with van der Waals surface area (Å²) in [4.78, 5) is 41.6. The first kappa shape index (κ1) is 27.5. The molecule has 4 rings (SSSR count). The van der Waals surface area contributed by atoms with Gasteiger partial charge < -0.3 is 14.7 Å². The second-order valence-electron chi connectivity index (χ2n) is 10.3. The van der Waals surface area contributed by atoms with E-state index in [4.69, 9.17) is 4.74 Å². The summed E-state index contributed by atoms with van der Waals surface area (Å²) in [5.74, 6) is -1.25. The number of ketones is 1. The Balaban J connectivity index is 1.70. The molecule has 1 amide bonds. The number of aryl methyl sites for hydroxylation is 2. The van der Waals surface area contributed by atoms with E-state index in [0.717, 1.165) is 21.6 Å². The van der Waals surface area contributed by atoms with Crippen LogP contribution in [0.25, 0.3) is 0 Å². The molecule has 6 nitrogen and oxygen atoms in total. The van der Waals surface area contributed by atoms with E-state index in [2.05, 4.69) is 0 Å². The van der Waals surface area contributed by atoms with Crippen LogP contribution in [0.5, 0.6) is 5.75 Å². The van der Waals surface area contributed by atoms with Crippen molar-refractivity contribution < 1.29 is 24.2 Å². The number of thioether (sulfide) groups is 1. The van der Waals surface area contributed by atoms with Crippen LogP contribution in [0, 0.1) is 19.8 Å². The fourth-order valence-electron chi connectivity index (χ4n) is 4.96. The highest BCUT2D eigenvalue weighted by Crippen LogP contribution is 2.39. The maximum absolute atomic E-state index is 13.8. The molecule has 0 saturated carbocycles. The van der Waals surface area contributed by atoms with Gasteiger partial charge in [0.15, 0.2) is 11.4 Å². The van der Waals surface area contributed by atoms with Gasteiger partial charge in [0.25, 0.3) is 5.91 Å². The average molecular weight is 532 g/mol. The van der Waals surface area contributed by atoms with Crippen LogP contribution in [0.3, 0.4) is 0 Å². The molecule has 1 heterocycles. The first-order chi connectivity index (χ1) is 18.0. The molecule has 0 spiro atoms. The molecular formula is C31H33NO5S. The van der Waals surface area contributed by atoms with Crippen molar-refractivity contribution >= 4 is 29.4 Å². The average Bonchev–Trinajstić information content (AvgIpc) is 3.36. The van der Waals surface area contributed by atoms with E-state index in [0.29, 0.717) is 30.0 Å². The largest absolute Gasteiger partial charge is 0.478 e. The van der Waals surface area contributed by atoms with Gasteiger partial charge in [0.2, 0.25) is 0 Å². The van der Waals surface area contributed by atoms with Crippen LogP contribution < -0.4 is 4.74 Å². The van der Waals surface area contributed by atoms with Gasteiger partial charge in [-0.25, -0.2) is 4.79 Å². The van der Waals surface area contributed by atoms with Gasteiger partial charge in [-0.2, -0.15) is 0 Å². The molecule has 1 N–H and O–H groups in total. The van der Waals surface area contributed by atoms with Gasteiger partial charge in [0.1, 0.15) is 5.75 Å². The van der Waals surface area contributed by atoms with Crippen LogP contribution in [0.4, 0.5) is 0 Å². The quantitative estimate of drug-likeness (QED) is 0.283. The third-order valence-electron chi connectivity index (χ3n) is 7.12. The zero-order valence-electron chi connectivity index (χ0n) is 22.4. The number of amides is 1. The van der Waals surface area contributed by atoms with E-state index in [-0.39, 0.29) is 17.6 Å². The maximum atomic E-state index is 13.8. The predicted octanol–water partition coefficient (Wildman–Crippen LogP) is 6.01. The third kappa shape index (κ3) is 5.63. The van der Waals surface area contributed by atoms with E-state index in [1.807, 2.05) is 74.7 Å². The van der Waals surface area contributed by atoms with Gasteiger partial charge in [0.05, 0.1) is 0 Å². The van der Waals surface area contributed by atoms with Crippen LogP contribution in [0.2, 0.25) is 0 Å². The molecule has 0 aliphatic carbocycles. The first-order valence-electron chi connectivity index (χ1n) is 12.6. The molecule has 0 bridgehead atoms. The lowest BCUT2D eigenvalue weighted by molar-refractivity contribution is -0.152. The molecule has 1 aliphatic heterocycles. The van der Waals surface area contributed by atoms with Crippen LogP contribution in [-0.2, 0) is 4.79 Å². The Hall–Kier alpha value is -3.58. The van der Waals surface area contributed by atoms with Crippen molar-refractivity contribution in [2.24, 2.45) is 5.92 Å². The second-order valence-corrected chi connectivity index (χ2v) is 11.2. The van der Waals surface area contributed by atoms with E-state index >= 15 is 0 Å². The highest BCUT2D eigenvalue weighted by Gasteiger charge is 2.41. The molecule has 3 aromatic carbocycles. The van der Waals surface area contributed by atoms with Crippen molar-refractivity contribution in [2.45, 2.75) is 44.1 Å². The lowest BCUT2D eigenvalue weighted by Crippen LogP contribution is -2.38. The minimum absolute atomic E-state index is 0.00802. The number of nitrogens with zero attached hydrogens (tertiary/aromatic N) is 1. The molecule has 1 fully saturated rings.